The van der Waals surface area contributed by atoms with Gasteiger partial charge in [0, 0.05) is 34.6 Å². The van der Waals surface area contributed by atoms with E-state index in [1.54, 1.807) is 27.7 Å². The first-order valence-electron chi connectivity index (χ1n) is 15.2. The van der Waals surface area contributed by atoms with Gasteiger partial charge in [0.05, 0.1) is 6.61 Å². The minimum Gasteiger partial charge on any atom is -0.462 e. The van der Waals surface area contributed by atoms with Gasteiger partial charge in [0.1, 0.15) is 36.5 Å². The molecule has 16 nitrogen and oxygen atoms in total. The highest BCUT2D eigenvalue weighted by atomic mass is 32.2. The van der Waals surface area contributed by atoms with Crippen LogP contribution in [0.4, 0.5) is 0 Å². The van der Waals surface area contributed by atoms with Crippen LogP contribution in [0.3, 0.4) is 0 Å². The van der Waals surface area contributed by atoms with Crippen LogP contribution in [0, 0.1) is 0 Å². The number of rotatable bonds is 15. The van der Waals surface area contributed by atoms with Crippen LogP contribution in [0.15, 0.2) is 0 Å². The van der Waals surface area contributed by atoms with Crippen LogP contribution in [-0.2, 0) is 76.1 Å². The Morgan fingerprint density at radius 1 is 0.660 bits per heavy atom. The summed E-state index contributed by atoms with van der Waals surface area (Å²) in [6, 6.07) is 0. The maximum atomic E-state index is 12.5. The van der Waals surface area contributed by atoms with Gasteiger partial charge < -0.3 is 52.1 Å². The molecule has 3 rings (SSSR count). The molecule has 0 aromatic rings. The van der Waals surface area contributed by atoms with Gasteiger partial charge in [-0.3, -0.25) is 24.0 Å². The number of carbonyl (C=O) groups is 5. The van der Waals surface area contributed by atoms with Crippen molar-refractivity contribution in [3.05, 3.63) is 0 Å². The SMILES string of the molecule is CCS[C@@H](OC[C@H]1O[C@@H]2OC(C)(C)O[C@@H]2[C@H]2OC(C)(C)O[C@H]21)[C@H](OC(C)=O)[C@@H](OC(C)=O)[C@H](OC(C)=O)[C@@H](COC(C)=O)OC(C)=O. The Morgan fingerprint density at radius 2 is 1.17 bits per heavy atom. The zero-order valence-corrected chi connectivity index (χ0v) is 29.2. The maximum absolute atomic E-state index is 12.5. The van der Waals surface area contributed by atoms with Crippen molar-refractivity contribution in [3.63, 3.8) is 0 Å². The predicted molar refractivity (Wildman–Crippen MR) is 159 cm³/mol. The second-order valence-corrected chi connectivity index (χ2v) is 13.4. The lowest BCUT2D eigenvalue weighted by Crippen LogP contribution is -2.58. The summed E-state index contributed by atoms with van der Waals surface area (Å²) >= 11 is 1.19. The second-order valence-electron chi connectivity index (χ2n) is 12.0. The number of hydrogen-bond donors (Lipinski definition) is 0. The van der Waals surface area contributed by atoms with Gasteiger partial charge in [0.15, 0.2) is 42.3 Å². The van der Waals surface area contributed by atoms with Crippen molar-refractivity contribution in [1.82, 2.24) is 0 Å². The standard InChI is InChI=1S/C30H46O16S/c1-11-47-28(37-13-20-22-24(44-29(7,8)43-22)25-27(42-20)46-30(9,10)45-25)26(41-18(6)35)23(40-17(5)34)21(39-16(4)33)19(38-15(3)32)12-36-14(2)31/h19-28H,11-13H2,1-10H3/t19-,20-,21-,22+,23+,24+,25-,26-,27-,28-/m1/s1. The molecule has 0 N–H and O–H groups in total. The molecule has 0 saturated carbocycles. The van der Waals surface area contributed by atoms with E-state index in [9.17, 15) is 24.0 Å². The third-order valence-corrected chi connectivity index (χ3v) is 8.03. The zero-order chi connectivity index (χ0) is 35.3. The molecule has 268 valence electrons. The number of carbonyl (C=O) groups excluding carboxylic acids is 5. The van der Waals surface area contributed by atoms with Crippen molar-refractivity contribution in [2.45, 2.75) is 141 Å². The lowest BCUT2D eigenvalue weighted by Gasteiger charge is -2.40. The monoisotopic (exact) mass is 694 g/mol. The van der Waals surface area contributed by atoms with Gasteiger partial charge >= 0.3 is 29.8 Å². The highest BCUT2D eigenvalue weighted by molar-refractivity contribution is 7.99. The third-order valence-electron chi connectivity index (χ3n) is 6.96. The molecule has 17 heteroatoms. The molecule has 0 aliphatic carbocycles. The molecular formula is C30H46O16S. The van der Waals surface area contributed by atoms with E-state index in [2.05, 4.69) is 0 Å². The fourth-order valence-corrected chi connectivity index (χ4v) is 6.46. The lowest BCUT2D eigenvalue weighted by molar-refractivity contribution is -0.247. The van der Waals surface area contributed by atoms with Gasteiger partial charge in [-0.15, -0.1) is 11.8 Å². The fourth-order valence-electron chi connectivity index (χ4n) is 5.56. The second kappa shape index (κ2) is 16.2. The summed E-state index contributed by atoms with van der Waals surface area (Å²) < 4.78 is 64.2. The lowest BCUT2D eigenvalue weighted by atomic mass is 9.99. The molecule has 0 unspecified atom stereocenters. The minimum absolute atomic E-state index is 0.144. The summed E-state index contributed by atoms with van der Waals surface area (Å²) in [4.78, 5) is 61.0. The van der Waals surface area contributed by atoms with Crippen LogP contribution in [0.25, 0.3) is 0 Å². The number of esters is 5. The van der Waals surface area contributed by atoms with Gasteiger partial charge in [-0.1, -0.05) is 6.92 Å². The van der Waals surface area contributed by atoms with Crippen molar-refractivity contribution >= 4 is 41.6 Å². The first-order chi connectivity index (χ1) is 21.8. The Labute approximate surface area is 277 Å². The topological polar surface area (TPSA) is 187 Å². The van der Waals surface area contributed by atoms with E-state index in [-0.39, 0.29) is 6.61 Å². The van der Waals surface area contributed by atoms with Gasteiger partial charge in [0.25, 0.3) is 0 Å². The molecule has 0 aromatic heterocycles. The molecule has 0 bridgehead atoms. The molecule has 0 aromatic carbocycles. The van der Waals surface area contributed by atoms with Crippen molar-refractivity contribution in [3.8, 4) is 0 Å². The average Bonchev–Trinajstić information content (AvgIpc) is 3.42. The van der Waals surface area contributed by atoms with Crippen LogP contribution >= 0.6 is 11.8 Å². The molecule has 3 aliphatic rings. The van der Waals surface area contributed by atoms with E-state index >= 15 is 0 Å². The molecule has 0 spiro atoms. The van der Waals surface area contributed by atoms with Crippen molar-refractivity contribution < 1.29 is 76.1 Å². The van der Waals surface area contributed by atoms with Crippen molar-refractivity contribution in [2.24, 2.45) is 0 Å². The van der Waals surface area contributed by atoms with Gasteiger partial charge in [-0.25, -0.2) is 0 Å². The minimum atomic E-state index is -1.61. The van der Waals surface area contributed by atoms with E-state index < -0.39 is 109 Å². The molecule has 3 fully saturated rings. The summed E-state index contributed by atoms with van der Waals surface area (Å²) in [5, 5.41) is 0. The Kier molecular flexibility index (Phi) is 13.4. The average molecular weight is 695 g/mol. The quantitative estimate of drug-likeness (QED) is 0.137. The summed E-state index contributed by atoms with van der Waals surface area (Å²) in [7, 11) is 0. The molecule has 0 radical (unpaired) electrons. The predicted octanol–water partition coefficient (Wildman–Crippen LogP) is 1.77. The fraction of sp³-hybridized carbons (Fsp3) is 0.833. The maximum Gasteiger partial charge on any atom is 0.303 e. The molecule has 0 amide bonds. The van der Waals surface area contributed by atoms with Crippen LogP contribution < -0.4 is 0 Å². The van der Waals surface area contributed by atoms with Gasteiger partial charge in [-0.2, -0.15) is 0 Å². The van der Waals surface area contributed by atoms with Gasteiger partial charge in [-0.05, 0) is 33.4 Å². The summed E-state index contributed by atoms with van der Waals surface area (Å²) in [5.74, 6) is -5.50. The van der Waals surface area contributed by atoms with Crippen LogP contribution in [0.1, 0.15) is 69.2 Å². The molecule has 3 saturated heterocycles. The molecular weight excluding hydrogens is 648 g/mol. The summed E-state index contributed by atoms with van der Waals surface area (Å²) in [6.45, 7) is 13.7. The van der Waals surface area contributed by atoms with Crippen LogP contribution in [-0.4, -0.2) is 121 Å². The summed E-state index contributed by atoms with van der Waals surface area (Å²) in [5.41, 5.74) is -1.08. The number of thioether (sulfide) groups is 1. The number of fused-ring (bicyclic) bond motifs is 3. The molecule has 3 heterocycles. The van der Waals surface area contributed by atoms with Crippen LogP contribution in [0.5, 0.6) is 0 Å². The Hall–Kier alpha value is -2.54. The Morgan fingerprint density at radius 3 is 1.72 bits per heavy atom. The molecule has 3 aliphatic heterocycles. The van der Waals surface area contributed by atoms with Crippen molar-refractivity contribution in [2.75, 3.05) is 19.0 Å². The van der Waals surface area contributed by atoms with Crippen molar-refractivity contribution in [1.29, 1.82) is 0 Å². The summed E-state index contributed by atoms with van der Waals surface area (Å²) in [6.07, 6.45) is -9.46. The van der Waals surface area contributed by atoms with E-state index in [0.29, 0.717) is 5.75 Å². The normalized spacial score (nSPS) is 28.8. The van der Waals surface area contributed by atoms with E-state index in [0.717, 1.165) is 34.6 Å². The van der Waals surface area contributed by atoms with E-state index in [1.165, 1.54) is 11.8 Å². The Bertz CT molecular complexity index is 1140. The van der Waals surface area contributed by atoms with E-state index in [1.807, 2.05) is 6.92 Å². The van der Waals surface area contributed by atoms with Gasteiger partial charge in [0.2, 0.25) is 0 Å². The zero-order valence-electron chi connectivity index (χ0n) is 28.3. The largest absolute Gasteiger partial charge is 0.462 e. The number of ether oxygens (including phenoxy) is 11. The first kappa shape index (κ1) is 38.9. The first-order valence-corrected chi connectivity index (χ1v) is 16.3. The van der Waals surface area contributed by atoms with Crippen LogP contribution in [0.2, 0.25) is 0 Å². The molecule has 47 heavy (non-hydrogen) atoms. The third kappa shape index (κ3) is 11.0. The number of hydrogen-bond acceptors (Lipinski definition) is 17. The van der Waals surface area contributed by atoms with E-state index in [4.69, 9.17) is 52.1 Å². The smallest absolute Gasteiger partial charge is 0.303 e. The molecule has 10 atom stereocenters. The highest BCUT2D eigenvalue weighted by Crippen LogP contribution is 2.44. The Balaban J connectivity index is 1.98. The highest BCUT2D eigenvalue weighted by Gasteiger charge is 2.61.